The molecule has 0 amide bonds. The highest BCUT2D eigenvalue weighted by molar-refractivity contribution is 7.19. The minimum Gasteiger partial charge on any atom is -0.477 e. The number of benzene rings is 1. The molecule has 1 N–H and O–H groups in total. The fourth-order valence-corrected chi connectivity index (χ4v) is 2.83. The molecule has 3 rings (SSSR count). The minimum atomic E-state index is -1.64. The number of thiazole rings is 1. The Morgan fingerprint density at radius 3 is 2.70 bits per heavy atom. The Hall–Kier alpha value is -2.35. The average Bonchev–Trinajstić information content (AvgIpc) is 2.97. The molecule has 2 heterocycles. The van der Waals surface area contributed by atoms with E-state index in [9.17, 15) is 18.0 Å². The number of aromatic carboxylic acids is 1. The molecule has 8 heteroatoms. The van der Waals surface area contributed by atoms with E-state index in [1.54, 1.807) is 0 Å². The van der Waals surface area contributed by atoms with Crippen molar-refractivity contribution in [2.45, 2.75) is 0 Å². The number of aromatic nitrogens is 2. The summed E-state index contributed by atoms with van der Waals surface area (Å²) < 4.78 is 41.5. The smallest absolute Gasteiger partial charge is 0.348 e. The van der Waals surface area contributed by atoms with Crippen molar-refractivity contribution in [2.75, 3.05) is 0 Å². The van der Waals surface area contributed by atoms with Gasteiger partial charge in [-0.05, 0) is 12.1 Å². The number of halogens is 3. The Morgan fingerprint density at radius 1 is 1.25 bits per heavy atom. The van der Waals surface area contributed by atoms with Gasteiger partial charge < -0.3 is 5.11 Å². The molecule has 0 bridgehead atoms. The maximum atomic E-state index is 13.9. The van der Waals surface area contributed by atoms with E-state index < -0.39 is 23.4 Å². The summed E-state index contributed by atoms with van der Waals surface area (Å²) in [4.78, 5) is 15.2. The van der Waals surface area contributed by atoms with E-state index in [-0.39, 0.29) is 16.1 Å². The first kappa shape index (κ1) is 12.7. The molecule has 0 aliphatic carbocycles. The maximum absolute atomic E-state index is 13.9. The Kier molecular flexibility index (Phi) is 2.75. The molecule has 1 aromatic carbocycles. The number of carboxylic acid groups (broad SMARTS) is 1. The SMILES string of the molecule is O=C(O)c1sc2nccn2c1-c1ccc(F)c(F)c1F. The van der Waals surface area contributed by atoms with Crippen molar-refractivity contribution in [3.63, 3.8) is 0 Å². The highest BCUT2D eigenvalue weighted by atomic mass is 32.1. The van der Waals surface area contributed by atoms with E-state index in [1.807, 2.05) is 0 Å². The van der Waals surface area contributed by atoms with Crippen LogP contribution in [0.2, 0.25) is 0 Å². The maximum Gasteiger partial charge on any atom is 0.348 e. The molecule has 20 heavy (non-hydrogen) atoms. The highest BCUT2D eigenvalue weighted by Gasteiger charge is 2.24. The zero-order valence-electron chi connectivity index (χ0n) is 9.60. The van der Waals surface area contributed by atoms with Gasteiger partial charge in [-0.15, -0.1) is 0 Å². The fourth-order valence-electron chi connectivity index (χ4n) is 1.89. The summed E-state index contributed by atoms with van der Waals surface area (Å²) in [6, 6.07) is 1.75. The van der Waals surface area contributed by atoms with E-state index in [0.29, 0.717) is 4.96 Å². The molecule has 0 unspecified atom stereocenters. The fraction of sp³-hybridized carbons (Fsp3) is 0. The van der Waals surface area contributed by atoms with Crippen molar-refractivity contribution in [3.05, 3.63) is 46.9 Å². The van der Waals surface area contributed by atoms with Gasteiger partial charge in [-0.25, -0.2) is 22.9 Å². The molecule has 0 aliphatic heterocycles. The van der Waals surface area contributed by atoms with E-state index in [1.165, 1.54) is 16.8 Å². The summed E-state index contributed by atoms with van der Waals surface area (Å²) in [6.45, 7) is 0. The number of carboxylic acids is 1. The van der Waals surface area contributed by atoms with Crippen LogP contribution in [0, 0.1) is 17.5 Å². The highest BCUT2D eigenvalue weighted by Crippen LogP contribution is 2.34. The van der Waals surface area contributed by atoms with Gasteiger partial charge in [-0.3, -0.25) is 4.40 Å². The molecule has 3 aromatic rings. The second-order valence-electron chi connectivity index (χ2n) is 3.89. The Balaban J connectivity index is 2.39. The van der Waals surface area contributed by atoms with Crippen molar-refractivity contribution >= 4 is 22.3 Å². The zero-order chi connectivity index (χ0) is 14.4. The lowest BCUT2D eigenvalue weighted by Crippen LogP contribution is -2.01. The van der Waals surface area contributed by atoms with Crippen molar-refractivity contribution in [2.24, 2.45) is 0 Å². The lowest BCUT2D eigenvalue weighted by molar-refractivity contribution is 0.0702. The number of hydrogen-bond acceptors (Lipinski definition) is 3. The van der Waals surface area contributed by atoms with Crippen molar-refractivity contribution in [3.8, 4) is 11.3 Å². The summed E-state index contributed by atoms with van der Waals surface area (Å²) in [5.41, 5.74) is -0.392. The van der Waals surface area contributed by atoms with Crippen LogP contribution in [-0.4, -0.2) is 20.5 Å². The molecule has 102 valence electrons. The number of nitrogens with zero attached hydrogens (tertiary/aromatic N) is 2. The lowest BCUT2D eigenvalue weighted by atomic mass is 10.1. The van der Waals surface area contributed by atoms with Crippen LogP contribution in [0.15, 0.2) is 24.5 Å². The molecule has 0 saturated carbocycles. The number of fused-ring (bicyclic) bond motifs is 1. The normalized spacial score (nSPS) is 11.2. The van der Waals surface area contributed by atoms with Gasteiger partial charge in [0, 0.05) is 18.0 Å². The molecule has 2 aromatic heterocycles. The third-order valence-corrected chi connectivity index (χ3v) is 3.80. The molecular formula is C12H5F3N2O2S. The summed E-state index contributed by atoms with van der Waals surface area (Å²) in [5.74, 6) is -5.70. The Bertz CT molecular complexity index is 841. The van der Waals surface area contributed by atoms with E-state index in [0.717, 1.165) is 23.5 Å². The summed E-state index contributed by atoms with van der Waals surface area (Å²) in [7, 11) is 0. The minimum absolute atomic E-state index is 0.0635. The number of hydrogen-bond donors (Lipinski definition) is 1. The van der Waals surface area contributed by atoms with Gasteiger partial charge in [-0.1, -0.05) is 11.3 Å². The summed E-state index contributed by atoms with van der Waals surface area (Å²) in [6.07, 6.45) is 2.83. The number of rotatable bonds is 2. The first-order chi connectivity index (χ1) is 9.50. The lowest BCUT2D eigenvalue weighted by Gasteiger charge is -2.05. The first-order valence-electron chi connectivity index (χ1n) is 5.33. The van der Waals surface area contributed by atoms with Crippen LogP contribution in [0.4, 0.5) is 13.2 Å². The monoisotopic (exact) mass is 298 g/mol. The van der Waals surface area contributed by atoms with E-state index in [4.69, 9.17) is 5.11 Å². The Morgan fingerprint density at radius 2 is 2.00 bits per heavy atom. The molecule has 0 radical (unpaired) electrons. The van der Waals surface area contributed by atoms with Gasteiger partial charge in [-0.2, -0.15) is 0 Å². The molecule has 4 nitrogen and oxygen atoms in total. The third-order valence-electron chi connectivity index (χ3n) is 2.74. The second kappa shape index (κ2) is 4.34. The van der Waals surface area contributed by atoms with Gasteiger partial charge in [0.1, 0.15) is 4.88 Å². The predicted molar refractivity (Wildman–Crippen MR) is 65.3 cm³/mol. The average molecular weight is 298 g/mol. The van der Waals surface area contributed by atoms with Crippen LogP contribution in [0.3, 0.4) is 0 Å². The molecular weight excluding hydrogens is 293 g/mol. The molecule has 0 spiro atoms. The van der Waals surface area contributed by atoms with E-state index in [2.05, 4.69) is 4.98 Å². The van der Waals surface area contributed by atoms with Crippen molar-refractivity contribution < 1.29 is 23.1 Å². The predicted octanol–water partition coefficient (Wildman–Crippen LogP) is 3.18. The largest absolute Gasteiger partial charge is 0.477 e. The van der Waals surface area contributed by atoms with E-state index >= 15 is 0 Å². The van der Waals surface area contributed by atoms with Crippen molar-refractivity contribution in [1.29, 1.82) is 0 Å². The van der Waals surface area contributed by atoms with Crippen LogP contribution in [-0.2, 0) is 0 Å². The Labute approximate surface area is 113 Å². The summed E-state index contributed by atoms with van der Waals surface area (Å²) in [5, 5.41) is 9.14. The van der Waals surface area contributed by atoms with Crippen LogP contribution in [0.25, 0.3) is 16.2 Å². The molecule has 0 aliphatic rings. The van der Waals surface area contributed by atoms with Gasteiger partial charge in [0.25, 0.3) is 0 Å². The van der Waals surface area contributed by atoms with Crippen molar-refractivity contribution in [1.82, 2.24) is 9.38 Å². The quantitative estimate of drug-likeness (QED) is 0.739. The number of carbonyl (C=O) groups is 1. The molecule has 0 fully saturated rings. The van der Waals surface area contributed by atoms with Gasteiger partial charge in [0.2, 0.25) is 0 Å². The first-order valence-corrected chi connectivity index (χ1v) is 6.15. The van der Waals surface area contributed by atoms with Crippen LogP contribution >= 0.6 is 11.3 Å². The molecule has 0 saturated heterocycles. The van der Waals surface area contributed by atoms with Crippen LogP contribution in [0.1, 0.15) is 9.67 Å². The molecule has 0 atom stereocenters. The standard InChI is InChI=1S/C12H5F3N2O2S/c13-6-2-1-5(7(14)8(6)15)9-10(11(18)19)20-12-16-3-4-17(9)12/h1-4H,(H,18,19). The van der Waals surface area contributed by atoms with Gasteiger partial charge in [0.15, 0.2) is 22.4 Å². The summed E-state index contributed by atoms with van der Waals surface area (Å²) >= 11 is 0.822. The van der Waals surface area contributed by atoms with Gasteiger partial charge >= 0.3 is 5.97 Å². The number of imidazole rings is 1. The second-order valence-corrected chi connectivity index (χ2v) is 4.87. The van der Waals surface area contributed by atoms with Crippen LogP contribution < -0.4 is 0 Å². The topological polar surface area (TPSA) is 54.6 Å². The van der Waals surface area contributed by atoms with Crippen LogP contribution in [0.5, 0.6) is 0 Å². The van der Waals surface area contributed by atoms with Gasteiger partial charge in [0.05, 0.1) is 5.69 Å². The zero-order valence-corrected chi connectivity index (χ0v) is 10.4. The third kappa shape index (κ3) is 1.68.